The van der Waals surface area contributed by atoms with E-state index in [1.165, 1.54) is 5.56 Å². The molecular weight excluding hydrogens is 340 g/mol. The molecule has 2 heterocycles. The maximum absolute atomic E-state index is 12.4. The van der Waals surface area contributed by atoms with Crippen LogP contribution in [0.4, 0.5) is 0 Å². The largest absolute Gasteiger partial charge is 0.392 e. The number of carbonyl (C=O) groups excluding carboxylic acids is 1. The highest BCUT2D eigenvalue weighted by molar-refractivity contribution is 5.77. The van der Waals surface area contributed by atoms with Crippen LogP contribution in [0.1, 0.15) is 38.2 Å². The molecule has 150 valence electrons. The van der Waals surface area contributed by atoms with Crippen molar-refractivity contribution in [1.29, 1.82) is 0 Å². The fourth-order valence-corrected chi connectivity index (χ4v) is 4.64. The fraction of sp³-hybridized carbons (Fsp3) is 0.682. The molecule has 2 aliphatic heterocycles. The molecule has 1 N–H and O–H groups in total. The van der Waals surface area contributed by atoms with E-state index in [9.17, 15) is 9.90 Å². The van der Waals surface area contributed by atoms with Crippen LogP contribution in [0.5, 0.6) is 0 Å². The smallest absolute Gasteiger partial charge is 0.248 e. The minimum absolute atomic E-state index is 0.0596. The van der Waals surface area contributed by atoms with Crippen LogP contribution in [0.2, 0.25) is 0 Å². The molecule has 1 amide bonds. The Morgan fingerprint density at radius 3 is 2.85 bits per heavy atom. The highest BCUT2D eigenvalue weighted by Crippen LogP contribution is 2.39. The van der Waals surface area contributed by atoms with E-state index >= 15 is 0 Å². The van der Waals surface area contributed by atoms with Crippen molar-refractivity contribution >= 4 is 5.91 Å². The molecule has 1 aromatic rings. The normalized spacial score (nSPS) is 26.4. The quantitative estimate of drug-likeness (QED) is 0.796. The fourth-order valence-electron chi connectivity index (χ4n) is 4.64. The summed E-state index contributed by atoms with van der Waals surface area (Å²) in [5, 5.41) is 10.8. The molecule has 27 heavy (non-hydrogen) atoms. The van der Waals surface area contributed by atoms with Crippen molar-refractivity contribution in [2.45, 2.75) is 45.1 Å². The standard InChI is InChI=1S/C22H34N2O3/c1-2-27-16-21(26)24-14-7-12-22(18-24)17-23(15-11-20(22)25)13-6-10-19-8-4-3-5-9-19/h3-5,8-9,20,25H,2,6-7,10-18H2,1H3/t20-,22-/m1/s1. The summed E-state index contributed by atoms with van der Waals surface area (Å²) in [6.45, 7) is 6.96. The number of likely N-dealkylation sites (tertiary alicyclic amines) is 2. The molecule has 5 nitrogen and oxygen atoms in total. The van der Waals surface area contributed by atoms with Crippen molar-refractivity contribution in [2.24, 2.45) is 5.41 Å². The van der Waals surface area contributed by atoms with Gasteiger partial charge >= 0.3 is 0 Å². The molecular formula is C22H34N2O3. The van der Waals surface area contributed by atoms with Gasteiger partial charge in [-0.3, -0.25) is 4.79 Å². The van der Waals surface area contributed by atoms with Crippen molar-refractivity contribution in [3.8, 4) is 0 Å². The second-order valence-corrected chi connectivity index (χ2v) is 8.09. The maximum Gasteiger partial charge on any atom is 0.248 e. The van der Waals surface area contributed by atoms with E-state index in [-0.39, 0.29) is 24.0 Å². The zero-order chi connectivity index (χ0) is 19.1. The molecule has 2 fully saturated rings. The number of nitrogens with zero attached hydrogens (tertiary/aromatic N) is 2. The summed E-state index contributed by atoms with van der Waals surface area (Å²) in [6.07, 6.45) is 4.67. The number of ether oxygens (including phenoxy) is 1. The molecule has 2 aliphatic rings. The minimum Gasteiger partial charge on any atom is -0.392 e. The van der Waals surface area contributed by atoms with Crippen molar-refractivity contribution in [1.82, 2.24) is 9.80 Å². The van der Waals surface area contributed by atoms with Crippen LogP contribution in [-0.2, 0) is 16.0 Å². The summed E-state index contributed by atoms with van der Waals surface area (Å²) in [4.78, 5) is 16.8. The third-order valence-electron chi connectivity index (χ3n) is 6.14. The Balaban J connectivity index is 1.54. The topological polar surface area (TPSA) is 53.0 Å². The van der Waals surface area contributed by atoms with Gasteiger partial charge in [-0.15, -0.1) is 0 Å². The second-order valence-electron chi connectivity index (χ2n) is 8.09. The first kappa shape index (κ1) is 20.3. The zero-order valence-electron chi connectivity index (χ0n) is 16.6. The predicted molar refractivity (Wildman–Crippen MR) is 107 cm³/mol. The summed E-state index contributed by atoms with van der Waals surface area (Å²) in [5.74, 6) is 0.0596. The van der Waals surface area contributed by atoms with Gasteiger partial charge in [0.15, 0.2) is 0 Å². The molecule has 3 rings (SSSR count). The van der Waals surface area contributed by atoms with E-state index in [2.05, 4.69) is 35.2 Å². The van der Waals surface area contributed by atoms with Gasteiger partial charge in [0.1, 0.15) is 6.61 Å². The molecule has 0 radical (unpaired) electrons. The van der Waals surface area contributed by atoms with E-state index in [0.717, 1.165) is 58.3 Å². The first-order chi connectivity index (χ1) is 13.1. The van der Waals surface area contributed by atoms with Gasteiger partial charge < -0.3 is 19.6 Å². The number of aliphatic hydroxyl groups excluding tert-OH is 1. The number of aliphatic hydroxyl groups is 1. The van der Waals surface area contributed by atoms with Crippen LogP contribution in [0.3, 0.4) is 0 Å². The number of hydrogen-bond acceptors (Lipinski definition) is 4. The lowest BCUT2D eigenvalue weighted by Gasteiger charge is -2.51. The van der Waals surface area contributed by atoms with Gasteiger partial charge in [-0.25, -0.2) is 0 Å². The summed E-state index contributed by atoms with van der Waals surface area (Å²) in [5.41, 5.74) is 1.21. The van der Waals surface area contributed by atoms with Crippen LogP contribution in [0, 0.1) is 5.41 Å². The van der Waals surface area contributed by atoms with Crippen molar-refractivity contribution in [3.05, 3.63) is 35.9 Å². The number of piperidine rings is 2. The van der Waals surface area contributed by atoms with Gasteiger partial charge in [0.2, 0.25) is 5.91 Å². The lowest BCUT2D eigenvalue weighted by molar-refractivity contribution is -0.145. The van der Waals surface area contributed by atoms with Crippen molar-refractivity contribution in [3.63, 3.8) is 0 Å². The third kappa shape index (κ3) is 5.31. The van der Waals surface area contributed by atoms with Gasteiger partial charge in [0.25, 0.3) is 0 Å². The van der Waals surface area contributed by atoms with Crippen LogP contribution >= 0.6 is 0 Å². The summed E-state index contributed by atoms with van der Waals surface area (Å²) in [7, 11) is 0. The van der Waals surface area contributed by atoms with Crippen LogP contribution in [0.15, 0.2) is 30.3 Å². The lowest BCUT2D eigenvalue weighted by Crippen LogP contribution is -2.60. The number of carbonyl (C=O) groups is 1. The molecule has 1 spiro atoms. The number of rotatable bonds is 7. The molecule has 0 bridgehead atoms. The Morgan fingerprint density at radius 2 is 2.07 bits per heavy atom. The average molecular weight is 375 g/mol. The number of hydrogen-bond donors (Lipinski definition) is 1. The molecule has 0 saturated carbocycles. The Kier molecular flexibility index (Phi) is 7.27. The van der Waals surface area contributed by atoms with Crippen LogP contribution < -0.4 is 0 Å². The van der Waals surface area contributed by atoms with E-state index in [1.807, 2.05) is 11.8 Å². The minimum atomic E-state index is -0.314. The SMILES string of the molecule is CCOCC(=O)N1CCC[C@@]2(CN(CCCc3ccccc3)CC[C@H]2O)C1. The van der Waals surface area contributed by atoms with Gasteiger partial charge in [-0.2, -0.15) is 0 Å². The summed E-state index contributed by atoms with van der Waals surface area (Å²) >= 11 is 0. The summed E-state index contributed by atoms with van der Waals surface area (Å²) in [6, 6.07) is 10.6. The first-order valence-electron chi connectivity index (χ1n) is 10.4. The van der Waals surface area contributed by atoms with Gasteiger partial charge in [-0.05, 0) is 51.1 Å². The molecule has 0 aromatic heterocycles. The van der Waals surface area contributed by atoms with Crippen LogP contribution in [0.25, 0.3) is 0 Å². The van der Waals surface area contributed by atoms with E-state index in [1.54, 1.807) is 0 Å². The first-order valence-corrected chi connectivity index (χ1v) is 10.4. The van der Waals surface area contributed by atoms with Gasteiger partial charge in [0.05, 0.1) is 6.10 Å². The Labute approximate surface area is 163 Å². The molecule has 2 saturated heterocycles. The third-order valence-corrected chi connectivity index (χ3v) is 6.14. The van der Waals surface area contributed by atoms with Crippen molar-refractivity contribution < 1.29 is 14.6 Å². The van der Waals surface area contributed by atoms with Gasteiger partial charge in [0, 0.05) is 38.2 Å². The highest BCUT2D eigenvalue weighted by Gasteiger charge is 2.46. The van der Waals surface area contributed by atoms with Crippen molar-refractivity contribution in [2.75, 3.05) is 45.9 Å². The van der Waals surface area contributed by atoms with E-state index < -0.39 is 0 Å². The highest BCUT2D eigenvalue weighted by atomic mass is 16.5. The second kappa shape index (κ2) is 9.67. The molecule has 1 aromatic carbocycles. The number of aryl methyl sites for hydroxylation is 1. The monoisotopic (exact) mass is 374 g/mol. The van der Waals surface area contributed by atoms with Crippen LogP contribution in [-0.4, -0.2) is 72.9 Å². The summed E-state index contributed by atoms with van der Waals surface area (Å²) < 4.78 is 5.30. The Hall–Kier alpha value is -1.43. The van der Waals surface area contributed by atoms with E-state index in [4.69, 9.17) is 4.74 Å². The van der Waals surface area contributed by atoms with E-state index in [0.29, 0.717) is 13.2 Å². The molecule has 5 heteroatoms. The Morgan fingerprint density at radius 1 is 1.26 bits per heavy atom. The predicted octanol–water partition coefficient (Wildman–Crippen LogP) is 2.33. The number of benzene rings is 1. The maximum atomic E-state index is 12.4. The Bertz CT molecular complexity index is 594. The molecule has 0 unspecified atom stereocenters. The lowest BCUT2D eigenvalue weighted by atomic mass is 9.71. The molecule has 2 atom stereocenters. The zero-order valence-corrected chi connectivity index (χ0v) is 16.6. The average Bonchev–Trinajstić information content (AvgIpc) is 2.70. The molecule has 0 aliphatic carbocycles. The van der Waals surface area contributed by atoms with Gasteiger partial charge in [-0.1, -0.05) is 30.3 Å². The number of amides is 1.